The van der Waals surface area contributed by atoms with Crippen LogP contribution >= 0.6 is 0 Å². The Morgan fingerprint density at radius 3 is 2.00 bits per heavy atom. The van der Waals surface area contributed by atoms with Crippen LogP contribution in [-0.4, -0.2) is 15.4 Å². The van der Waals surface area contributed by atoms with Gasteiger partial charge in [0.1, 0.15) is 0 Å². The number of hydrogen-bond acceptors (Lipinski definition) is 3. The molecule has 0 fully saturated rings. The molecule has 0 aliphatic rings. The molecule has 0 saturated carbocycles. The standard InChI is InChI=1S/C3H2N3/c1-2-4-6-5-3-1/h2-3H. The molecule has 0 amide bonds. The monoisotopic (exact) mass is 80.0 g/mol. The van der Waals surface area contributed by atoms with Crippen molar-refractivity contribution in [3.05, 3.63) is 18.5 Å². The molecule has 1 heterocycles. The Morgan fingerprint density at radius 1 is 1.17 bits per heavy atom. The van der Waals surface area contributed by atoms with Gasteiger partial charge in [0.05, 0.1) is 12.4 Å². The molecule has 3 heteroatoms. The molecule has 0 N–H and O–H groups in total. The minimum atomic E-state index is 1.45. The minimum Gasteiger partial charge on any atom is -0.138 e. The fourth-order valence-corrected chi connectivity index (χ4v) is 0.181. The van der Waals surface area contributed by atoms with Gasteiger partial charge in [0.2, 0.25) is 0 Å². The summed E-state index contributed by atoms with van der Waals surface area (Å²) in [7, 11) is 0. The molecule has 0 atom stereocenters. The zero-order valence-corrected chi connectivity index (χ0v) is 3.00. The Hall–Kier alpha value is -0.990. The largest absolute Gasteiger partial charge is 0.138 e. The summed E-state index contributed by atoms with van der Waals surface area (Å²) < 4.78 is 0. The van der Waals surface area contributed by atoms with Gasteiger partial charge in [-0.05, 0) is 5.21 Å². The van der Waals surface area contributed by atoms with E-state index in [1.807, 2.05) is 0 Å². The maximum Gasteiger partial charge on any atom is 0.0609 e. The van der Waals surface area contributed by atoms with Gasteiger partial charge in [-0.25, -0.2) is 0 Å². The SMILES string of the molecule is [c]1cnnnc1. The van der Waals surface area contributed by atoms with Crippen molar-refractivity contribution in [2.24, 2.45) is 0 Å². The molecule has 0 saturated heterocycles. The van der Waals surface area contributed by atoms with Crippen molar-refractivity contribution in [2.45, 2.75) is 0 Å². The van der Waals surface area contributed by atoms with Crippen molar-refractivity contribution in [2.75, 3.05) is 0 Å². The normalized spacial score (nSPS) is 8.00. The van der Waals surface area contributed by atoms with E-state index in [1.165, 1.54) is 12.4 Å². The Balaban J connectivity index is 3.00. The molecule has 0 unspecified atom stereocenters. The van der Waals surface area contributed by atoms with Crippen LogP contribution in [0.25, 0.3) is 0 Å². The van der Waals surface area contributed by atoms with E-state index in [4.69, 9.17) is 0 Å². The first kappa shape index (κ1) is 3.21. The van der Waals surface area contributed by atoms with Gasteiger partial charge in [-0.2, -0.15) is 0 Å². The average Bonchev–Trinajstić information content (AvgIpc) is 1.72. The molecule has 0 bridgehead atoms. The second-order valence-electron chi connectivity index (χ2n) is 0.745. The van der Waals surface area contributed by atoms with Crippen LogP contribution in [0.5, 0.6) is 0 Å². The molecule has 0 spiro atoms. The third kappa shape index (κ3) is 0.484. The number of aromatic nitrogens is 3. The zero-order chi connectivity index (χ0) is 4.24. The molecule has 0 aliphatic heterocycles. The van der Waals surface area contributed by atoms with Gasteiger partial charge in [0.15, 0.2) is 0 Å². The summed E-state index contributed by atoms with van der Waals surface area (Å²) >= 11 is 0. The van der Waals surface area contributed by atoms with Crippen LogP contribution in [0.15, 0.2) is 12.4 Å². The molecule has 3 nitrogen and oxygen atoms in total. The lowest BCUT2D eigenvalue weighted by Crippen LogP contribution is -1.78. The van der Waals surface area contributed by atoms with Gasteiger partial charge in [0.25, 0.3) is 0 Å². The Labute approximate surface area is 35.0 Å². The summed E-state index contributed by atoms with van der Waals surface area (Å²) in [5.74, 6) is 0. The van der Waals surface area contributed by atoms with Gasteiger partial charge in [0, 0.05) is 6.07 Å². The van der Waals surface area contributed by atoms with Crippen molar-refractivity contribution < 1.29 is 0 Å². The third-order valence-corrected chi connectivity index (χ3v) is 0.368. The van der Waals surface area contributed by atoms with Gasteiger partial charge in [-0.1, -0.05) is 0 Å². The second-order valence-corrected chi connectivity index (χ2v) is 0.745. The van der Waals surface area contributed by atoms with Crippen molar-refractivity contribution in [3.8, 4) is 0 Å². The van der Waals surface area contributed by atoms with Crippen molar-refractivity contribution in [3.63, 3.8) is 0 Å². The van der Waals surface area contributed by atoms with E-state index in [0.717, 1.165) is 0 Å². The van der Waals surface area contributed by atoms with Gasteiger partial charge < -0.3 is 0 Å². The highest BCUT2D eigenvalue weighted by Gasteiger charge is 1.61. The predicted octanol–water partition coefficient (Wildman–Crippen LogP) is -0.328. The Kier molecular flexibility index (Phi) is 0.774. The Bertz CT molecular complexity index is 78.0. The van der Waals surface area contributed by atoms with Crippen molar-refractivity contribution in [1.29, 1.82) is 0 Å². The summed E-state index contributed by atoms with van der Waals surface area (Å²) in [4.78, 5) is 0. The molecule has 0 aromatic carbocycles. The van der Waals surface area contributed by atoms with Crippen LogP contribution in [-0.2, 0) is 0 Å². The van der Waals surface area contributed by atoms with E-state index in [9.17, 15) is 0 Å². The maximum absolute atomic E-state index is 3.37. The average molecular weight is 80.1 g/mol. The number of rotatable bonds is 0. The lowest BCUT2D eigenvalue weighted by Gasteiger charge is -1.67. The smallest absolute Gasteiger partial charge is 0.0609 e. The van der Waals surface area contributed by atoms with Crippen molar-refractivity contribution in [1.82, 2.24) is 15.4 Å². The van der Waals surface area contributed by atoms with Crippen molar-refractivity contribution >= 4 is 0 Å². The third-order valence-electron chi connectivity index (χ3n) is 0.368. The van der Waals surface area contributed by atoms with Crippen LogP contribution in [0.3, 0.4) is 0 Å². The molecule has 1 aromatic rings. The summed E-state index contributed by atoms with van der Waals surface area (Å²) in [6, 6.07) is 2.61. The van der Waals surface area contributed by atoms with Gasteiger partial charge in [-0.15, -0.1) is 10.2 Å². The summed E-state index contributed by atoms with van der Waals surface area (Å²) in [5, 5.41) is 9.99. The predicted molar refractivity (Wildman–Crippen MR) is 18.7 cm³/mol. The quantitative estimate of drug-likeness (QED) is 0.428. The molecule has 29 valence electrons. The summed E-state index contributed by atoms with van der Waals surface area (Å²) in [6.45, 7) is 0. The zero-order valence-electron chi connectivity index (χ0n) is 3.00. The highest BCUT2D eigenvalue weighted by Crippen LogP contribution is 1.59. The highest BCUT2D eigenvalue weighted by molar-refractivity contribution is 4.65. The first-order valence-corrected chi connectivity index (χ1v) is 1.49. The van der Waals surface area contributed by atoms with Gasteiger partial charge >= 0.3 is 0 Å². The van der Waals surface area contributed by atoms with Crippen LogP contribution in [0.1, 0.15) is 0 Å². The van der Waals surface area contributed by atoms with E-state index in [0.29, 0.717) is 0 Å². The lowest BCUT2D eigenvalue weighted by molar-refractivity contribution is 0.862. The van der Waals surface area contributed by atoms with E-state index >= 15 is 0 Å². The topological polar surface area (TPSA) is 38.7 Å². The molecule has 1 aromatic heterocycles. The van der Waals surface area contributed by atoms with Crippen LogP contribution < -0.4 is 0 Å². The molecule has 1 rings (SSSR count). The molecule has 6 heavy (non-hydrogen) atoms. The van der Waals surface area contributed by atoms with Crippen LogP contribution in [0.2, 0.25) is 0 Å². The van der Waals surface area contributed by atoms with E-state index in [-0.39, 0.29) is 0 Å². The number of hydrogen-bond donors (Lipinski definition) is 0. The number of nitrogens with zero attached hydrogens (tertiary/aromatic N) is 3. The van der Waals surface area contributed by atoms with Crippen LogP contribution in [0, 0.1) is 6.07 Å². The first-order valence-electron chi connectivity index (χ1n) is 1.49. The Morgan fingerprint density at radius 2 is 1.83 bits per heavy atom. The maximum atomic E-state index is 3.37. The van der Waals surface area contributed by atoms with Gasteiger partial charge in [-0.3, -0.25) is 0 Å². The molecule has 1 radical (unpaired) electrons. The van der Waals surface area contributed by atoms with E-state index < -0.39 is 0 Å². The molecular formula is C3H2N3. The fourth-order valence-electron chi connectivity index (χ4n) is 0.181. The minimum absolute atomic E-state index is 1.45. The molecule has 0 aliphatic carbocycles. The highest BCUT2D eigenvalue weighted by atomic mass is 15.3. The van der Waals surface area contributed by atoms with E-state index in [2.05, 4.69) is 21.5 Å². The lowest BCUT2D eigenvalue weighted by atomic mass is 10.7. The summed E-state index contributed by atoms with van der Waals surface area (Å²) in [6.07, 6.45) is 2.90. The van der Waals surface area contributed by atoms with E-state index in [1.54, 1.807) is 0 Å². The second kappa shape index (κ2) is 1.45. The summed E-state index contributed by atoms with van der Waals surface area (Å²) in [5.41, 5.74) is 0. The fraction of sp³-hybridized carbons (Fsp3) is 0. The molecular weight excluding hydrogens is 78.1 g/mol. The van der Waals surface area contributed by atoms with Crippen LogP contribution in [0.4, 0.5) is 0 Å². The first-order chi connectivity index (χ1) is 3.00.